The lowest BCUT2D eigenvalue weighted by molar-refractivity contribution is 0.125. The first-order valence-electron chi connectivity index (χ1n) is 3.54. The van der Waals surface area contributed by atoms with Crippen molar-refractivity contribution in [3.05, 3.63) is 0 Å². The van der Waals surface area contributed by atoms with Gasteiger partial charge in [-0.05, 0) is 12.8 Å². The highest BCUT2D eigenvalue weighted by Gasteiger charge is 2.22. The monoisotopic (exact) mass is 180 g/mol. The van der Waals surface area contributed by atoms with Gasteiger partial charge in [-0.2, -0.15) is 8.42 Å². The molecule has 0 N–H and O–H groups in total. The molecule has 0 spiro atoms. The average molecular weight is 180 g/mol. The first kappa shape index (κ1) is 8.96. The molecular formula is C6H12O4S. The minimum Gasteiger partial charge on any atom is -0.377 e. The van der Waals surface area contributed by atoms with Gasteiger partial charge in [-0.25, -0.2) is 0 Å². The van der Waals surface area contributed by atoms with E-state index in [0.717, 1.165) is 12.8 Å². The molecule has 1 atom stereocenters. The maximum Gasteiger partial charge on any atom is 0.269 e. The molecule has 1 fully saturated rings. The highest BCUT2D eigenvalue weighted by atomic mass is 32.2. The van der Waals surface area contributed by atoms with E-state index in [4.69, 9.17) is 4.74 Å². The predicted octanol–water partition coefficient (Wildman–Crippen LogP) is 0.142. The Balaban J connectivity index is 2.41. The van der Waals surface area contributed by atoms with Crippen molar-refractivity contribution >= 4 is 10.1 Å². The van der Waals surface area contributed by atoms with Crippen LogP contribution < -0.4 is 0 Å². The molecule has 0 aromatic rings. The van der Waals surface area contributed by atoms with Crippen LogP contribution in [0.1, 0.15) is 12.8 Å². The van der Waals surface area contributed by atoms with Crippen LogP contribution in [-0.4, -0.2) is 34.0 Å². The molecule has 1 heterocycles. The van der Waals surface area contributed by atoms with E-state index in [2.05, 4.69) is 4.18 Å². The van der Waals surface area contributed by atoms with Crippen LogP contribution in [0.15, 0.2) is 0 Å². The van der Waals surface area contributed by atoms with Crippen molar-refractivity contribution < 1.29 is 17.3 Å². The second-order valence-electron chi connectivity index (χ2n) is 2.53. The largest absolute Gasteiger partial charge is 0.377 e. The molecule has 1 aliphatic heterocycles. The topological polar surface area (TPSA) is 52.6 Å². The Morgan fingerprint density at radius 3 is 2.82 bits per heavy atom. The van der Waals surface area contributed by atoms with E-state index < -0.39 is 10.1 Å². The van der Waals surface area contributed by atoms with E-state index in [-0.39, 0.29) is 11.9 Å². The summed E-state index contributed by atoms with van der Waals surface area (Å²) in [4.78, 5) is 0. The van der Waals surface area contributed by atoms with Gasteiger partial charge in [0.05, 0.1) is 13.2 Å². The van der Waals surface area contributed by atoms with E-state index >= 15 is 0 Å². The predicted molar refractivity (Wildman–Crippen MR) is 39.8 cm³/mol. The molecular weight excluding hydrogens is 168 g/mol. The van der Waals surface area contributed by atoms with Crippen LogP contribution in [0.5, 0.6) is 0 Å². The Morgan fingerprint density at radius 1 is 1.64 bits per heavy atom. The fourth-order valence-electron chi connectivity index (χ4n) is 1.07. The summed E-state index contributed by atoms with van der Waals surface area (Å²) in [5.41, 5.74) is 0. The second-order valence-corrected chi connectivity index (χ2v) is 4.31. The van der Waals surface area contributed by atoms with Crippen molar-refractivity contribution in [3.63, 3.8) is 0 Å². The van der Waals surface area contributed by atoms with Gasteiger partial charge in [-0.1, -0.05) is 0 Å². The van der Waals surface area contributed by atoms with Gasteiger partial charge in [0.1, 0.15) is 5.75 Å². The molecule has 1 saturated heterocycles. The van der Waals surface area contributed by atoms with Crippen LogP contribution in [0.25, 0.3) is 0 Å². The molecule has 0 saturated carbocycles. The smallest absolute Gasteiger partial charge is 0.269 e. The molecule has 11 heavy (non-hydrogen) atoms. The van der Waals surface area contributed by atoms with Crippen LogP contribution in [0.3, 0.4) is 0 Å². The Bertz CT molecular complexity index is 203. The molecule has 0 aliphatic carbocycles. The van der Waals surface area contributed by atoms with Gasteiger partial charge in [-0.15, -0.1) is 0 Å². The molecule has 0 amide bonds. The van der Waals surface area contributed by atoms with Crippen LogP contribution in [0.4, 0.5) is 0 Å². The molecule has 1 aliphatic rings. The van der Waals surface area contributed by atoms with Gasteiger partial charge in [0, 0.05) is 6.61 Å². The summed E-state index contributed by atoms with van der Waals surface area (Å²) in [7, 11) is -2.16. The van der Waals surface area contributed by atoms with Gasteiger partial charge in [0.2, 0.25) is 0 Å². The molecule has 1 rings (SSSR count). The van der Waals surface area contributed by atoms with E-state index in [9.17, 15) is 8.42 Å². The van der Waals surface area contributed by atoms with Crippen molar-refractivity contribution in [1.29, 1.82) is 0 Å². The van der Waals surface area contributed by atoms with Gasteiger partial charge in [0.15, 0.2) is 0 Å². The Morgan fingerprint density at radius 2 is 2.36 bits per heavy atom. The number of rotatable bonds is 3. The Kier molecular flexibility index (Phi) is 2.86. The van der Waals surface area contributed by atoms with E-state index in [1.807, 2.05) is 0 Å². The zero-order valence-electron chi connectivity index (χ0n) is 6.45. The summed E-state index contributed by atoms with van der Waals surface area (Å²) in [6, 6.07) is 0. The van der Waals surface area contributed by atoms with Crippen LogP contribution in [0, 0.1) is 0 Å². The highest BCUT2D eigenvalue weighted by molar-refractivity contribution is 7.86. The Hall–Kier alpha value is -0.130. The van der Waals surface area contributed by atoms with Crippen LogP contribution in [-0.2, 0) is 19.0 Å². The molecule has 0 radical (unpaired) electrons. The molecule has 0 bridgehead atoms. The van der Waals surface area contributed by atoms with Crippen LogP contribution in [0.2, 0.25) is 0 Å². The third-order valence-electron chi connectivity index (χ3n) is 1.67. The van der Waals surface area contributed by atoms with Crippen molar-refractivity contribution in [2.24, 2.45) is 0 Å². The standard InChI is InChI=1S/C6H12O4S/c1-9-11(7,8)5-6-3-2-4-10-6/h6H,2-5H2,1H3. The molecule has 5 heteroatoms. The lowest BCUT2D eigenvalue weighted by Crippen LogP contribution is -2.20. The third-order valence-corrected chi connectivity index (χ3v) is 2.96. The average Bonchev–Trinajstić information content (AvgIpc) is 2.39. The molecule has 66 valence electrons. The minimum atomic E-state index is -3.33. The summed E-state index contributed by atoms with van der Waals surface area (Å²) in [6.45, 7) is 0.671. The number of ether oxygens (including phenoxy) is 1. The highest BCUT2D eigenvalue weighted by Crippen LogP contribution is 2.13. The summed E-state index contributed by atoms with van der Waals surface area (Å²) in [6.07, 6.45) is 1.62. The zero-order chi connectivity index (χ0) is 8.32. The molecule has 0 aromatic carbocycles. The molecule has 0 aromatic heterocycles. The zero-order valence-corrected chi connectivity index (χ0v) is 7.26. The number of hydrogen-bond acceptors (Lipinski definition) is 4. The van der Waals surface area contributed by atoms with Gasteiger partial charge < -0.3 is 4.74 Å². The molecule has 1 unspecified atom stereocenters. The fraction of sp³-hybridized carbons (Fsp3) is 1.00. The van der Waals surface area contributed by atoms with Crippen molar-refractivity contribution in [2.75, 3.05) is 19.5 Å². The van der Waals surface area contributed by atoms with Gasteiger partial charge in [-0.3, -0.25) is 4.18 Å². The van der Waals surface area contributed by atoms with Crippen LogP contribution >= 0.6 is 0 Å². The lowest BCUT2D eigenvalue weighted by atomic mass is 10.3. The maximum absolute atomic E-state index is 10.9. The first-order valence-corrected chi connectivity index (χ1v) is 5.12. The molecule has 4 nitrogen and oxygen atoms in total. The minimum absolute atomic E-state index is 0.0104. The SMILES string of the molecule is COS(=O)(=O)CC1CCCO1. The lowest BCUT2D eigenvalue weighted by Gasteiger charge is -2.07. The Labute approximate surface area is 66.6 Å². The van der Waals surface area contributed by atoms with Crippen molar-refractivity contribution in [1.82, 2.24) is 0 Å². The number of hydrogen-bond donors (Lipinski definition) is 0. The van der Waals surface area contributed by atoms with E-state index in [1.54, 1.807) is 0 Å². The van der Waals surface area contributed by atoms with E-state index in [1.165, 1.54) is 7.11 Å². The second kappa shape index (κ2) is 3.51. The third kappa shape index (κ3) is 2.76. The summed E-state index contributed by atoms with van der Waals surface area (Å²) in [5.74, 6) is -0.0104. The van der Waals surface area contributed by atoms with E-state index in [0.29, 0.717) is 6.61 Å². The summed E-state index contributed by atoms with van der Waals surface area (Å²) in [5, 5.41) is 0. The van der Waals surface area contributed by atoms with Gasteiger partial charge in [0.25, 0.3) is 10.1 Å². The summed E-state index contributed by atoms with van der Waals surface area (Å²) >= 11 is 0. The normalized spacial score (nSPS) is 25.7. The van der Waals surface area contributed by atoms with Crippen molar-refractivity contribution in [3.8, 4) is 0 Å². The first-order chi connectivity index (χ1) is 5.14. The van der Waals surface area contributed by atoms with Gasteiger partial charge >= 0.3 is 0 Å². The summed E-state index contributed by atoms with van der Waals surface area (Å²) < 4.78 is 31.1. The van der Waals surface area contributed by atoms with Crippen molar-refractivity contribution in [2.45, 2.75) is 18.9 Å². The maximum atomic E-state index is 10.9. The quantitative estimate of drug-likeness (QED) is 0.580. The fourth-order valence-corrected chi connectivity index (χ4v) is 1.93.